The molecule has 0 aliphatic carbocycles. The lowest BCUT2D eigenvalue weighted by Gasteiger charge is -2.07. The van der Waals surface area contributed by atoms with Crippen molar-refractivity contribution < 1.29 is 0 Å². The summed E-state index contributed by atoms with van der Waals surface area (Å²) in [7, 11) is 3.85. The minimum atomic E-state index is 0.456. The van der Waals surface area contributed by atoms with E-state index in [4.69, 9.17) is 0 Å². The van der Waals surface area contributed by atoms with E-state index in [0.717, 1.165) is 12.2 Å². The molecule has 1 aromatic heterocycles. The normalized spacial score (nSPS) is 13.4. The van der Waals surface area contributed by atoms with E-state index < -0.39 is 0 Å². The molecule has 0 aliphatic rings. The highest BCUT2D eigenvalue weighted by Gasteiger charge is 2.04. The summed E-state index contributed by atoms with van der Waals surface area (Å²) in [5, 5.41) is 7.13. The average Bonchev–Trinajstić information content (AvgIpc) is 2.37. The quantitative estimate of drug-likeness (QED) is 0.664. The molecule has 11 heavy (non-hydrogen) atoms. The maximum absolute atomic E-state index is 4.12. The van der Waals surface area contributed by atoms with Gasteiger partial charge in [-0.1, -0.05) is 0 Å². The summed E-state index contributed by atoms with van der Waals surface area (Å²) < 4.78 is 1.80. The molecule has 1 unspecified atom stereocenters. The molecule has 0 saturated heterocycles. The van der Waals surface area contributed by atoms with Gasteiger partial charge in [-0.3, -0.25) is 4.68 Å². The molecule has 0 aromatic carbocycles. The van der Waals surface area contributed by atoms with E-state index in [2.05, 4.69) is 22.3 Å². The number of likely N-dealkylation sites (N-methyl/N-ethyl adjacent to an activating group) is 1. The van der Waals surface area contributed by atoms with Gasteiger partial charge >= 0.3 is 0 Å². The molecule has 1 aromatic rings. The van der Waals surface area contributed by atoms with Gasteiger partial charge in [-0.15, -0.1) is 0 Å². The van der Waals surface area contributed by atoms with Crippen LogP contribution in [0.4, 0.5) is 0 Å². The van der Waals surface area contributed by atoms with Crippen LogP contribution in [0.2, 0.25) is 0 Å². The van der Waals surface area contributed by atoms with E-state index in [1.165, 1.54) is 0 Å². The Bertz CT molecular complexity index is 218. The topological polar surface area (TPSA) is 42.7 Å². The van der Waals surface area contributed by atoms with Crippen molar-refractivity contribution in [2.45, 2.75) is 19.4 Å². The van der Waals surface area contributed by atoms with Gasteiger partial charge < -0.3 is 5.32 Å². The van der Waals surface area contributed by atoms with Crippen LogP contribution in [0, 0.1) is 0 Å². The Labute approximate surface area is 66.6 Å². The third-order valence-corrected chi connectivity index (χ3v) is 1.79. The van der Waals surface area contributed by atoms with E-state index in [1.807, 2.05) is 14.1 Å². The first kappa shape index (κ1) is 8.20. The van der Waals surface area contributed by atoms with Gasteiger partial charge in [-0.05, 0) is 14.0 Å². The molecule has 0 fully saturated rings. The fourth-order valence-electron chi connectivity index (χ4n) is 0.881. The van der Waals surface area contributed by atoms with Crippen molar-refractivity contribution in [2.75, 3.05) is 7.05 Å². The minimum Gasteiger partial charge on any atom is -0.317 e. The minimum absolute atomic E-state index is 0.456. The molecule has 0 radical (unpaired) electrons. The molecule has 0 amide bonds. The van der Waals surface area contributed by atoms with Crippen molar-refractivity contribution in [3.8, 4) is 0 Å². The second-order valence-corrected chi connectivity index (χ2v) is 2.69. The van der Waals surface area contributed by atoms with Gasteiger partial charge in [0.2, 0.25) is 0 Å². The summed E-state index contributed by atoms with van der Waals surface area (Å²) in [6.07, 6.45) is 2.50. The Morgan fingerprint density at radius 1 is 1.73 bits per heavy atom. The summed E-state index contributed by atoms with van der Waals surface area (Å²) >= 11 is 0. The van der Waals surface area contributed by atoms with Crippen LogP contribution in [0.25, 0.3) is 0 Å². The van der Waals surface area contributed by atoms with E-state index in [9.17, 15) is 0 Å². The number of hydrogen-bond donors (Lipinski definition) is 1. The molecule has 1 heterocycles. The van der Waals surface area contributed by atoms with Gasteiger partial charge in [0.25, 0.3) is 0 Å². The molecular formula is C7H14N4. The summed E-state index contributed by atoms with van der Waals surface area (Å²) in [5.74, 6) is 1.02. The molecular weight excluding hydrogens is 140 g/mol. The molecule has 4 nitrogen and oxygen atoms in total. The highest BCUT2D eigenvalue weighted by Crippen LogP contribution is 1.95. The zero-order valence-corrected chi connectivity index (χ0v) is 7.20. The van der Waals surface area contributed by atoms with E-state index >= 15 is 0 Å². The van der Waals surface area contributed by atoms with E-state index in [-0.39, 0.29) is 0 Å². The smallest absolute Gasteiger partial charge is 0.138 e. The standard InChI is InChI=1S/C7H14N4/c1-6(8-2)4-7-9-5-10-11(7)3/h5-6,8H,4H2,1-3H3. The van der Waals surface area contributed by atoms with Crippen LogP contribution in [-0.2, 0) is 13.5 Å². The molecule has 1 rings (SSSR count). The van der Waals surface area contributed by atoms with Gasteiger partial charge in [-0.25, -0.2) is 4.98 Å². The number of rotatable bonds is 3. The molecule has 0 saturated carbocycles. The molecule has 4 heteroatoms. The van der Waals surface area contributed by atoms with E-state index in [1.54, 1.807) is 11.0 Å². The van der Waals surface area contributed by atoms with Crippen molar-refractivity contribution in [1.29, 1.82) is 0 Å². The molecule has 1 N–H and O–H groups in total. The Kier molecular flexibility index (Phi) is 2.59. The summed E-state index contributed by atoms with van der Waals surface area (Å²) in [4.78, 5) is 4.12. The summed E-state index contributed by atoms with van der Waals surface area (Å²) in [5.41, 5.74) is 0. The Morgan fingerprint density at radius 3 is 2.91 bits per heavy atom. The number of aryl methyl sites for hydroxylation is 1. The number of aromatic nitrogens is 3. The molecule has 0 bridgehead atoms. The second-order valence-electron chi connectivity index (χ2n) is 2.69. The molecule has 62 valence electrons. The van der Waals surface area contributed by atoms with Crippen molar-refractivity contribution in [2.24, 2.45) is 7.05 Å². The monoisotopic (exact) mass is 154 g/mol. The van der Waals surface area contributed by atoms with Crippen LogP contribution in [0.5, 0.6) is 0 Å². The van der Waals surface area contributed by atoms with Gasteiger partial charge in [0, 0.05) is 19.5 Å². The summed E-state index contributed by atoms with van der Waals surface area (Å²) in [6, 6.07) is 0.456. The SMILES string of the molecule is CNC(C)Cc1ncnn1C. The number of nitrogens with zero attached hydrogens (tertiary/aromatic N) is 3. The third-order valence-electron chi connectivity index (χ3n) is 1.79. The Balaban J connectivity index is 2.56. The zero-order valence-electron chi connectivity index (χ0n) is 7.20. The predicted molar refractivity (Wildman–Crippen MR) is 43.2 cm³/mol. The molecule has 0 spiro atoms. The fraction of sp³-hybridized carbons (Fsp3) is 0.714. The fourth-order valence-corrected chi connectivity index (χ4v) is 0.881. The second kappa shape index (κ2) is 3.48. The van der Waals surface area contributed by atoms with Crippen LogP contribution in [-0.4, -0.2) is 27.9 Å². The third kappa shape index (κ3) is 2.01. The van der Waals surface area contributed by atoms with Crippen molar-refractivity contribution in [3.63, 3.8) is 0 Å². The first-order chi connectivity index (χ1) is 5.24. The maximum Gasteiger partial charge on any atom is 0.138 e. The van der Waals surface area contributed by atoms with Crippen molar-refractivity contribution in [3.05, 3.63) is 12.2 Å². The van der Waals surface area contributed by atoms with Gasteiger partial charge in [0.05, 0.1) is 0 Å². The number of nitrogens with one attached hydrogen (secondary N) is 1. The largest absolute Gasteiger partial charge is 0.317 e. The van der Waals surface area contributed by atoms with Gasteiger partial charge in [0.1, 0.15) is 12.2 Å². The van der Waals surface area contributed by atoms with Crippen LogP contribution < -0.4 is 5.32 Å². The van der Waals surface area contributed by atoms with Gasteiger partial charge in [-0.2, -0.15) is 5.10 Å². The first-order valence-corrected chi connectivity index (χ1v) is 3.74. The lowest BCUT2D eigenvalue weighted by Crippen LogP contribution is -2.25. The van der Waals surface area contributed by atoms with Crippen molar-refractivity contribution in [1.82, 2.24) is 20.1 Å². The van der Waals surface area contributed by atoms with E-state index in [0.29, 0.717) is 6.04 Å². The van der Waals surface area contributed by atoms with Crippen LogP contribution in [0.3, 0.4) is 0 Å². The van der Waals surface area contributed by atoms with Gasteiger partial charge in [0.15, 0.2) is 0 Å². The number of hydrogen-bond acceptors (Lipinski definition) is 3. The Hall–Kier alpha value is -0.900. The zero-order chi connectivity index (χ0) is 8.27. The maximum atomic E-state index is 4.12. The lowest BCUT2D eigenvalue weighted by molar-refractivity contribution is 0.567. The lowest BCUT2D eigenvalue weighted by atomic mass is 10.2. The summed E-state index contributed by atoms with van der Waals surface area (Å²) in [6.45, 7) is 2.12. The van der Waals surface area contributed by atoms with Crippen molar-refractivity contribution >= 4 is 0 Å². The highest BCUT2D eigenvalue weighted by atomic mass is 15.3. The highest BCUT2D eigenvalue weighted by molar-refractivity contribution is 4.86. The van der Waals surface area contributed by atoms with Crippen LogP contribution in [0.1, 0.15) is 12.7 Å². The molecule has 0 aliphatic heterocycles. The predicted octanol–water partition coefficient (Wildman–Crippen LogP) is -0.0345. The van der Waals surface area contributed by atoms with Crippen LogP contribution in [0.15, 0.2) is 6.33 Å². The Morgan fingerprint density at radius 2 is 2.45 bits per heavy atom. The first-order valence-electron chi connectivity index (χ1n) is 3.74. The average molecular weight is 154 g/mol. The van der Waals surface area contributed by atoms with Crippen LogP contribution >= 0.6 is 0 Å². The molecule has 1 atom stereocenters.